The van der Waals surface area contributed by atoms with Gasteiger partial charge in [-0.25, -0.2) is 0 Å². The van der Waals surface area contributed by atoms with Gasteiger partial charge in [-0.05, 0) is 47.2 Å². The number of carbonyl (C=O) groups excluding carboxylic acids is 1. The van der Waals surface area contributed by atoms with Crippen molar-refractivity contribution in [3.63, 3.8) is 0 Å². The Morgan fingerprint density at radius 1 is 1.50 bits per heavy atom. The maximum absolute atomic E-state index is 12.3. The second-order valence-corrected chi connectivity index (χ2v) is 6.88. The maximum atomic E-state index is 12.3. The molecule has 0 radical (unpaired) electrons. The summed E-state index contributed by atoms with van der Waals surface area (Å²) in [4.78, 5) is 14.5. The van der Waals surface area contributed by atoms with Gasteiger partial charge in [0.05, 0.1) is 11.3 Å². The van der Waals surface area contributed by atoms with E-state index in [1.165, 1.54) is 0 Å². The Bertz CT molecular complexity index is 536. The highest BCUT2D eigenvalue weighted by atomic mass is 127. The van der Waals surface area contributed by atoms with E-state index < -0.39 is 3.67 Å². The van der Waals surface area contributed by atoms with Crippen LogP contribution in [0.25, 0.3) is 0 Å². The van der Waals surface area contributed by atoms with E-state index in [1.54, 1.807) is 0 Å². The van der Waals surface area contributed by atoms with Gasteiger partial charge >= 0.3 is 0 Å². The standard InChI is InChI=1S/C12H13ClIN3O/c1-7-4-8(13)5-9-10(7)11(18)16-12(14)6-15-2-3-17(9)12/h4-5,15H,2-3,6H2,1H3,(H,16,18)/t12-/m1/s1. The Kier molecular flexibility index (Phi) is 2.95. The smallest absolute Gasteiger partial charge is 0.256 e. The fraction of sp³-hybridized carbons (Fsp3) is 0.417. The number of hydrogen-bond donors (Lipinski definition) is 2. The highest BCUT2D eigenvalue weighted by Gasteiger charge is 2.43. The van der Waals surface area contributed by atoms with Crippen LogP contribution in [0.1, 0.15) is 15.9 Å². The van der Waals surface area contributed by atoms with E-state index in [0.29, 0.717) is 5.02 Å². The van der Waals surface area contributed by atoms with E-state index in [2.05, 4.69) is 38.1 Å². The summed E-state index contributed by atoms with van der Waals surface area (Å²) in [5, 5.41) is 7.07. The molecule has 2 aliphatic heterocycles. The van der Waals surface area contributed by atoms with Crippen LogP contribution in [0.5, 0.6) is 0 Å². The van der Waals surface area contributed by atoms with Crippen molar-refractivity contribution in [1.29, 1.82) is 0 Å². The third-order valence-electron chi connectivity index (χ3n) is 3.40. The molecular weight excluding hydrogens is 365 g/mol. The molecule has 3 rings (SSSR count). The number of halogens is 2. The molecule has 0 aromatic heterocycles. The summed E-state index contributed by atoms with van der Waals surface area (Å²) in [6.07, 6.45) is 0. The SMILES string of the molecule is Cc1cc(Cl)cc2c1C(=O)N[C@]1(I)CNCCN21. The fourth-order valence-corrected chi connectivity index (χ4v) is 3.89. The quantitative estimate of drug-likeness (QED) is 0.412. The molecule has 0 saturated carbocycles. The number of piperazine rings is 1. The van der Waals surface area contributed by atoms with Crippen LogP contribution < -0.4 is 15.5 Å². The highest BCUT2D eigenvalue weighted by Crippen LogP contribution is 2.38. The van der Waals surface area contributed by atoms with Gasteiger partial charge in [0.1, 0.15) is 0 Å². The molecule has 0 aliphatic carbocycles. The minimum Gasteiger partial charge on any atom is -0.337 e. The maximum Gasteiger partial charge on any atom is 0.256 e. The van der Waals surface area contributed by atoms with Crippen LogP contribution in [0.2, 0.25) is 5.02 Å². The van der Waals surface area contributed by atoms with Crippen molar-refractivity contribution in [1.82, 2.24) is 10.6 Å². The molecule has 2 heterocycles. The first-order chi connectivity index (χ1) is 8.51. The summed E-state index contributed by atoms with van der Waals surface area (Å²) >= 11 is 8.42. The first kappa shape index (κ1) is 12.5. The average Bonchev–Trinajstić information content (AvgIpc) is 2.26. The van der Waals surface area contributed by atoms with E-state index in [0.717, 1.165) is 36.4 Å². The van der Waals surface area contributed by atoms with Crippen LogP contribution in [0.3, 0.4) is 0 Å². The number of hydrogen-bond acceptors (Lipinski definition) is 3. The number of nitrogens with zero attached hydrogens (tertiary/aromatic N) is 1. The Morgan fingerprint density at radius 2 is 2.28 bits per heavy atom. The van der Waals surface area contributed by atoms with Gasteiger partial charge in [0.25, 0.3) is 5.91 Å². The van der Waals surface area contributed by atoms with Crippen molar-refractivity contribution in [2.75, 3.05) is 24.5 Å². The monoisotopic (exact) mass is 377 g/mol. The van der Waals surface area contributed by atoms with Crippen molar-refractivity contribution >= 4 is 45.8 Å². The van der Waals surface area contributed by atoms with E-state index in [4.69, 9.17) is 11.6 Å². The molecule has 1 aromatic rings. The summed E-state index contributed by atoms with van der Waals surface area (Å²) < 4.78 is -0.392. The third-order valence-corrected chi connectivity index (χ3v) is 4.85. The molecule has 0 unspecified atom stereocenters. The van der Waals surface area contributed by atoms with Crippen LogP contribution in [0.4, 0.5) is 5.69 Å². The first-order valence-electron chi connectivity index (χ1n) is 5.81. The molecular formula is C12H13ClIN3O. The molecule has 1 amide bonds. The number of amides is 1. The second kappa shape index (κ2) is 4.25. The van der Waals surface area contributed by atoms with Gasteiger partial charge in [-0.15, -0.1) is 0 Å². The van der Waals surface area contributed by atoms with E-state index in [9.17, 15) is 4.79 Å². The van der Waals surface area contributed by atoms with E-state index >= 15 is 0 Å². The molecule has 1 aromatic carbocycles. The third kappa shape index (κ3) is 1.80. The van der Waals surface area contributed by atoms with Crippen LogP contribution in [0, 0.1) is 6.92 Å². The molecule has 1 saturated heterocycles. The summed E-state index contributed by atoms with van der Waals surface area (Å²) in [7, 11) is 0. The molecule has 2 N–H and O–H groups in total. The van der Waals surface area contributed by atoms with Crippen molar-refractivity contribution in [2.45, 2.75) is 10.6 Å². The van der Waals surface area contributed by atoms with E-state index in [1.807, 2.05) is 19.1 Å². The fourth-order valence-electron chi connectivity index (χ4n) is 2.61. The van der Waals surface area contributed by atoms with Gasteiger partial charge in [0.15, 0.2) is 3.67 Å². The number of nitrogens with one attached hydrogen (secondary N) is 2. The summed E-state index contributed by atoms with van der Waals surface area (Å²) in [6, 6.07) is 3.73. The van der Waals surface area contributed by atoms with Crippen molar-refractivity contribution in [3.8, 4) is 0 Å². The Balaban J connectivity index is 2.20. The normalized spacial score (nSPS) is 26.4. The molecule has 1 fully saturated rings. The van der Waals surface area contributed by atoms with Gasteiger partial charge in [0, 0.05) is 24.7 Å². The zero-order chi connectivity index (χ0) is 12.9. The minimum absolute atomic E-state index is 0.0199. The Labute approximate surface area is 124 Å². The number of alkyl halides is 1. The number of rotatable bonds is 0. The van der Waals surface area contributed by atoms with Crippen molar-refractivity contribution in [2.24, 2.45) is 0 Å². The predicted octanol–water partition coefficient (Wildman–Crippen LogP) is 1.89. The zero-order valence-corrected chi connectivity index (χ0v) is 12.8. The van der Waals surface area contributed by atoms with Crippen molar-refractivity contribution < 1.29 is 4.79 Å². The van der Waals surface area contributed by atoms with Crippen LogP contribution in [-0.2, 0) is 0 Å². The zero-order valence-electron chi connectivity index (χ0n) is 9.89. The highest BCUT2D eigenvalue weighted by molar-refractivity contribution is 14.1. The summed E-state index contributed by atoms with van der Waals surface area (Å²) in [5.74, 6) is -0.0199. The van der Waals surface area contributed by atoms with Crippen LogP contribution in [-0.4, -0.2) is 29.2 Å². The Hall–Kier alpha value is -0.530. The van der Waals surface area contributed by atoms with E-state index in [-0.39, 0.29) is 5.91 Å². The number of anilines is 1. The molecule has 18 heavy (non-hydrogen) atoms. The lowest BCUT2D eigenvalue weighted by Crippen LogP contribution is -2.68. The molecule has 96 valence electrons. The number of aryl methyl sites for hydroxylation is 1. The largest absolute Gasteiger partial charge is 0.337 e. The van der Waals surface area contributed by atoms with Gasteiger partial charge in [-0.3, -0.25) is 4.79 Å². The van der Waals surface area contributed by atoms with Crippen LogP contribution >= 0.6 is 34.2 Å². The number of carbonyl (C=O) groups is 1. The van der Waals surface area contributed by atoms with Gasteiger partial charge in [-0.2, -0.15) is 0 Å². The molecule has 0 bridgehead atoms. The van der Waals surface area contributed by atoms with Crippen LogP contribution in [0.15, 0.2) is 12.1 Å². The Morgan fingerprint density at radius 3 is 3.06 bits per heavy atom. The lowest BCUT2D eigenvalue weighted by molar-refractivity contribution is 0.0917. The molecule has 6 heteroatoms. The average molecular weight is 378 g/mol. The van der Waals surface area contributed by atoms with Gasteiger partial charge in [0.2, 0.25) is 0 Å². The lowest BCUT2D eigenvalue weighted by Gasteiger charge is -2.49. The molecule has 2 aliphatic rings. The first-order valence-corrected chi connectivity index (χ1v) is 7.27. The predicted molar refractivity (Wildman–Crippen MR) is 80.6 cm³/mol. The second-order valence-electron chi connectivity index (χ2n) is 4.66. The lowest BCUT2D eigenvalue weighted by atomic mass is 10.0. The number of fused-ring (bicyclic) bond motifs is 3. The van der Waals surface area contributed by atoms with Gasteiger partial charge in [-0.1, -0.05) is 11.6 Å². The van der Waals surface area contributed by atoms with Gasteiger partial charge < -0.3 is 15.5 Å². The van der Waals surface area contributed by atoms with Crippen molar-refractivity contribution in [3.05, 3.63) is 28.3 Å². The molecule has 1 atom stereocenters. The molecule has 4 nitrogen and oxygen atoms in total. The summed E-state index contributed by atoms with van der Waals surface area (Å²) in [6.45, 7) is 4.42. The topological polar surface area (TPSA) is 44.4 Å². The summed E-state index contributed by atoms with van der Waals surface area (Å²) in [5.41, 5.74) is 2.61. The molecule has 0 spiro atoms. The number of benzene rings is 1. The minimum atomic E-state index is -0.392.